The summed E-state index contributed by atoms with van der Waals surface area (Å²) in [7, 11) is 0. The fraction of sp³-hybridized carbons (Fsp3) is 0.467. The Bertz CT molecular complexity index is 501. The molecule has 6 heteroatoms. The Hall–Kier alpha value is -1.95. The molecule has 0 saturated carbocycles. The summed E-state index contributed by atoms with van der Waals surface area (Å²) in [5, 5.41) is 5.81. The van der Waals surface area contributed by atoms with E-state index >= 15 is 0 Å². The monoisotopic (exact) mass is 293 g/mol. The van der Waals surface area contributed by atoms with E-state index in [1.54, 1.807) is 23.1 Å². The summed E-state index contributed by atoms with van der Waals surface area (Å²) in [6.45, 7) is 3.12. The number of amides is 2. The highest BCUT2D eigenvalue weighted by Crippen LogP contribution is 2.06. The lowest BCUT2D eigenvalue weighted by atomic mass is 10.2. The lowest BCUT2D eigenvalue weighted by Gasteiger charge is -2.27. The Balaban J connectivity index is 1.70. The predicted molar refractivity (Wildman–Crippen MR) is 76.9 cm³/mol. The van der Waals surface area contributed by atoms with Gasteiger partial charge >= 0.3 is 0 Å². The maximum atomic E-state index is 13.4. The summed E-state index contributed by atoms with van der Waals surface area (Å²) in [5.74, 6) is -0.575. The van der Waals surface area contributed by atoms with Gasteiger partial charge in [-0.25, -0.2) is 4.39 Å². The Morgan fingerprint density at radius 3 is 2.62 bits per heavy atom. The highest BCUT2D eigenvalue weighted by atomic mass is 19.1. The molecule has 0 aromatic heterocycles. The van der Waals surface area contributed by atoms with Crippen LogP contribution in [0.3, 0.4) is 0 Å². The van der Waals surface area contributed by atoms with E-state index in [0.29, 0.717) is 18.7 Å². The largest absolute Gasteiger partial charge is 0.352 e. The van der Waals surface area contributed by atoms with Crippen molar-refractivity contribution in [1.29, 1.82) is 0 Å². The molecule has 2 amide bonds. The van der Waals surface area contributed by atoms with Crippen molar-refractivity contribution in [3.63, 3.8) is 0 Å². The Morgan fingerprint density at radius 2 is 1.90 bits per heavy atom. The Kier molecular flexibility index (Phi) is 5.68. The van der Waals surface area contributed by atoms with Crippen molar-refractivity contribution in [3.05, 3.63) is 35.6 Å². The van der Waals surface area contributed by atoms with Gasteiger partial charge in [-0.1, -0.05) is 18.2 Å². The van der Waals surface area contributed by atoms with Gasteiger partial charge in [-0.2, -0.15) is 0 Å². The SMILES string of the molecule is O=C(CCC(=O)N1CCNCC1)NCc1ccccc1F. The third kappa shape index (κ3) is 4.82. The standard InChI is InChI=1S/C15H20FN3O2/c16-13-4-2-1-3-12(13)11-18-14(20)5-6-15(21)19-9-7-17-8-10-19/h1-4,17H,5-11H2,(H,18,20). The van der Waals surface area contributed by atoms with Crippen LogP contribution in [0.1, 0.15) is 18.4 Å². The van der Waals surface area contributed by atoms with Crippen LogP contribution >= 0.6 is 0 Å². The number of rotatable bonds is 5. The fourth-order valence-electron chi connectivity index (χ4n) is 2.22. The molecule has 0 bridgehead atoms. The van der Waals surface area contributed by atoms with Gasteiger partial charge in [0, 0.05) is 51.1 Å². The summed E-state index contributed by atoms with van der Waals surface area (Å²) in [5.41, 5.74) is 0.444. The second kappa shape index (κ2) is 7.73. The maximum absolute atomic E-state index is 13.4. The van der Waals surface area contributed by atoms with E-state index < -0.39 is 0 Å². The summed E-state index contributed by atoms with van der Waals surface area (Å²) in [6.07, 6.45) is 0.334. The van der Waals surface area contributed by atoms with Crippen molar-refractivity contribution in [2.24, 2.45) is 0 Å². The molecule has 5 nitrogen and oxygen atoms in total. The number of carbonyl (C=O) groups is 2. The molecule has 1 aliphatic heterocycles. The smallest absolute Gasteiger partial charge is 0.223 e. The van der Waals surface area contributed by atoms with E-state index in [0.717, 1.165) is 13.1 Å². The van der Waals surface area contributed by atoms with E-state index in [-0.39, 0.29) is 37.0 Å². The highest BCUT2D eigenvalue weighted by molar-refractivity contribution is 5.83. The van der Waals surface area contributed by atoms with Crippen LogP contribution < -0.4 is 10.6 Å². The molecule has 1 aliphatic rings. The second-order valence-electron chi connectivity index (χ2n) is 5.00. The van der Waals surface area contributed by atoms with Gasteiger partial charge in [0.25, 0.3) is 0 Å². The highest BCUT2D eigenvalue weighted by Gasteiger charge is 2.16. The zero-order chi connectivity index (χ0) is 15.1. The van der Waals surface area contributed by atoms with Gasteiger partial charge in [-0.15, -0.1) is 0 Å². The molecular weight excluding hydrogens is 273 g/mol. The number of halogens is 1. The fourth-order valence-corrected chi connectivity index (χ4v) is 2.22. The van der Waals surface area contributed by atoms with E-state index in [9.17, 15) is 14.0 Å². The Labute approximate surface area is 123 Å². The molecule has 0 spiro atoms. The van der Waals surface area contributed by atoms with Crippen LogP contribution in [-0.4, -0.2) is 42.9 Å². The van der Waals surface area contributed by atoms with Crippen molar-refractivity contribution in [2.75, 3.05) is 26.2 Å². The zero-order valence-electron chi connectivity index (χ0n) is 11.9. The third-order valence-corrected chi connectivity index (χ3v) is 3.47. The number of benzene rings is 1. The van der Waals surface area contributed by atoms with Gasteiger partial charge in [0.1, 0.15) is 5.82 Å². The van der Waals surface area contributed by atoms with Gasteiger partial charge in [0.05, 0.1) is 0 Å². The van der Waals surface area contributed by atoms with Gasteiger partial charge in [-0.05, 0) is 6.07 Å². The molecule has 0 unspecified atom stereocenters. The molecule has 1 fully saturated rings. The van der Waals surface area contributed by atoms with E-state index in [1.807, 2.05) is 0 Å². The average molecular weight is 293 g/mol. The molecule has 2 rings (SSSR count). The molecule has 1 heterocycles. The first-order chi connectivity index (χ1) is 10.2. The number of piperazine rings is 1. The van der Waals surface area contributed by atoms with Gasteiger partial charge in [-0.3, -0.25) is 9.59 Å². The molecule has 21 heavy (non-hydrogen) atoms. The number of hydrogen-bond acceptors (Lipinski definition) is 3. The summed E-state index contributed by atoms with van der Waals surface area (Å²) < 4.78 is 13.4. The first-order valence-electron chi connectivity index (χ1n) is 7.15. The van der Waals surface area contributed by atoms with Gasteiger partial charge in [0.15, 0.2) is 0 Å². The summed E-state index contributed by atoms with van der Waals surface area (Å²) >= 11 is 0. The number of carbonyl (C=O) groups excluding carboxylic acids is 2. The second-order valence-corrected chi connectivity index (χ2v) is 5.00. The number of nitrogens with zero attached hydrogens (tertiary/aromatic N) is 1. The first kappa shape index (κ1) is 15.4. The van der Waals surface area contributed by atoms with Gasteiger partial charge in [0.2, 0.25) is 11.8 Å². The molecule has 0 radical (unpaired) electrons. The summed E-state index contributed by atoms with van der Waals surface area (Å²) in [6, 6.07) is 6.31. The topological polar surface area (TPSA) is 61.4 Å². The van der Waals surface area contributed by atoms with Crippen molar-refractivity contribution >= 4 is 11.8 Å². The minimum atomic E-state index is -0.338. The molecule has 1 aromatic rings. The predicted octanol–water partition coefficient (Wildman–Crippen LogP) is 0.654. The van der Waals surface area contributed by atoms with Crippen molar-refractivity contribution in [2.45, 2.75) is 19.4 Å². The minimum Gasteiger partial charge on any atom is -0.352 e. The molecule has 1 aromatic carbocycles. The molecule has 0 atom stereocenters. The van der Waals surface area contributed by atoms with Crippen LogP contribution in [0.5, 0.6) is 0 Å². The third-order valence-electron chi connectivity index (χ3n) is 3.47. The lowest BCUT2D eigenvalue weighted by molar-refractivity contribution is -0.134. The van der Waals surface area contributed by atoms with Crippen LogP contribution in [0.15, 0.2) is 24.3 Å². The first-order valence-corrected chi connectivity index (χ1v) is 7.15. The quantitative estimate of drug-likeness (QED) is 0.838. The van der Waals surface area contributed by atoms with Crippen molar-refractivity contribution in [3.8, 4) is 0 Å². The molecular formula is C15H20FN3O2. The van der Waals surface area contributed by atoms with Crippen LogP contribution in [0, 0.1) is 5.82 Å². The average Bonchev–Trinajstić information content (AvgIpc) is 2.52. The normalized spacial score (nSPS) is 14.8. The van der Waals surface area contributed by atoms with E-state index in [1.165, 1.54) is 6.07 Å². The molecule has 114 valence electrons. The summed E-state index contributed by atoms with van der Waals surface area (Å²) in [4.78, 5) is 25.4. The molecule has 1 saturated heterocycles. The van der Waals surface area contributed by atoms with Crippen LogP contribution in [0.25, 0.3) is 0 Å². The molecule has 0 aliphatic carbocycles. The van der Waals surface area contributed by atoms with Crippen LogP contribution in [-0.2, 0) is 16.1 Å². The number of hydrogen-bond donors (Lipinski definition) is 2. The van der Waals surface area contributed by atoms with E-state index in [4.69, 9.17) is 0 Å². The van der Waals surface area contributed by atoms with Gasteiger partial charge < -0.3 is 15.5 Å². The zero-order valence-corrected chi connectivity index (χ0v) is 11.9. The van der Waals surface area contributed by atoms with Crippen molar-refractivity contribution < 1.29 is 14.0 Å². The van der Waals surface area contributed by atoms with Crippen LogP contribution in [0.4, 0.5) is 4.39 Å². The minimum absolute atomic E-state index is 0.00228. The lowest BCUT2D eigenvalue weighted by Crippen LogP contribution is -2.46. The van der Waals surface area contributed by atoms with Crippen LogP contribution in [0.2, 0.25) is 0 Å². The molecule has 2 N–H and O–H groups in total. The maximum Gasteiger partial charge on any atom is 0.223 e. The Morgan fingerprint density at radius 1 is 1.19 bits per heavy atom. The van der Waals surface area contributed by atoms with E-state index in [2.05, 4.69) is 10.6 Å². The van der Waals surface area contributed by atoms with Crippen molar-refractivity contribution in [1.82, 2.24) is 15.5 Å². The number of nitrogens with one attached hydrogen (secondary N) is 2.